The van der Waals surface area contributed by atoms with E-state index < -0.39 is 5.63 Å². The number of hydrogen-bond acceptors (Lipinski definition) is 5. The second-order valence-electron chi connectivity index (χ2n) is 6.73. The Balaban J connectivity index is 1.59. The average Bonchev–Trinajstić information content (AvgIpc) is 3.31. The van der Waals surface area contributed by atoms with Crippen molar-refractivity contribution < 1.29 is 19.0 Å². The van der Waals surface area contributed by atoms with Gasteiger partial charge in [-0.2, -0.15) is 0 Å². The van der Waals surface area contributed by atoms with E-state index in [0.717, 1.165) is 18.4 Å². The van der Waals surface area contributed by atoms with Gasteiger partial charge >= 0.3 is 5.63 Å². The predicted octanol–water partition coefficient (Wildman–Crippen LogP) is 3.19. The van der Waals surface area contributed by atoms with Crippen LogP contribution in [0.2, 0.25) is 0 Å². The normalized spacial score (nSPS) is 19.2. The summed E-state index contributed by atoms with van der Waals surface area (Å²) in [5.74, 6) is 0.781. The topological polar surface area (TPSA) is 68.9 Å². The number of hydrogen-bond donors (Lipinski definition) is 1. The largest absolute Gasteiger partial charge is 0.507 e. The van der Waals surface area contributed by atoms with Crippen LogP contribution >= 0.6 is 0 Å². The predicted molar refractivity (Wildman–Crippen MR) is 91.7 cm³/mol. The minimum absolute atomic E-state index is 0.0280. The summed E-state index contributed by atoms with van der Waals surface area (Å²) >= 11 is 0. The lowest BCUT2D eigenvalue weighted by Crippen LogP contribution is -2.17. The summed E-state index contributed by atoms with van der Waals surface area (Å²) in [5.41, 5.74) is 0.989. The van der Waals surface area contributed by atoms with E-state index in [1.807, 2.05) is 30.3 Å². The molecule has 1 aromatic heterocycles. The zero-order valence-corrected chi connectivity index (χ0v) is 14.0. The van der Waals surface area contributed by atoms with Gasteiger partial charge in [-0.3, -0.25) is 0 Å². The summed E-state index contributed by atoms with van der Waals surface area (Å²) in [6, 6.07) is 11.4. The van der Waals surface area contributed by atoms with Crippen molar-refractivity contribution in [2.45, 2.75) is 37.9 Å². The smallest absolute Gasteiger partial charge is 0.343 e. The molecule has 0 amide bonds. The van der Waals surface area contributed by atoms with E-state index in [1.165, 1.54) is 0 Å². The highest BCUT2D eigenvalue weighted by Crippen LogP contribution is 2.47. The highest BCUT2D eigenvalue weighted by atomic mass is 16.7. The minimum atomic E-state index is -0.441. The average molecular weight is 342 g/mol. The van der Waals surface area contributed by atoms with Gasteiger partial charge in [0.15, 0.2) is 6.29 Å². The summed E-state index contributed by atoms with van der Waals surface area (Å²) in [6.45, 7) is 1.19. The molecule has 1 atom stereocenters. The maximum absolute atomic E-state index is 12.6. The van der Waals surface area contributed by atoms with E-state index in [1.54, 1.807) is 6.07 Å². The van der Waals surface area contributed by atoms with Crippen molar-refractivity contribution in [3.63, 3.8) is 0 Å². The van der Waals surface area contributed by atoms with Crippen LogP contribution in [0.4, 0.5) is 0 Å². The zero-order chi connectivity index (χ0) is 17.2. The molecule has 25 heavy (non-hydrogen) atoms. The van der Waals surface area contributed by atoms with Gasteiger partial charge in [0.25, 0.3) is 0 Å². The summed E-state index contributed by atoms with van der Waals surface area (Å²) in [6.07, 6.45) is 2.97. The van der Waals surface area contributed by atoms with E-state index in [-0.39, 0.29) is 18.0 Å². The van der Waals surface area contributed by atoms with Crippen LogP contribution in [0.15, 0.2) is 45.6 Å². The molecule has 1 aliphatic heterocycles. The number of ether oxygens (including phenoxy) is 2. The van der Waals surface area contributed by atoms with E-state index in [4.69, 9.17) is 13.9 Å². The highest BCUT2D eigenvalue weighted by Gasteiger charge is 2.37. The van der Waals surface area contributed by atoms with Crippen molar-refractivity contribution >= 4 is 0 Å². The first-order valence-corrected chi connectivity index (χ1v) is 8.86. The molecule has 2 fully saturated rings. The Morgan fingerprint density at radius 2 is 1.84 bits per heavy atom. The lowest BCUT2D eigenvalue weighted by Gasteiger charge is -2.17. The maximum atomic E-state index is 12.6. The Kier molecular flexibility index (Phi) is 4.59. The molecule has 1 N–H and O–H groups in total. The molecule has 0 spiro atoms. The van der Waals surface area contributed by atoms with Crippen LogP contribution in [-0.2, 0) is 15.9 Å². The van der Waals surface area contributed by atoms with E-state index >= 15 is 0 Å². The van der Waals surface area contributed by atoms with Crippen LogP contribution in [0.1, 0.15) is 42.1 Å². The molecular weight excluding hydrogens is 320 g/mol. The first-order chi connectivity index (χ1) is 12.2. The van der Waals surface area contributed by atoms with Crippen LogP contribution in [0.3, 0.4) is 0 Å². The molecule has 1 aliphatic carbocycles. The standard InChI is InChI=1S/C20H22O5/c21-16-12-15(8-9-17-23-10-11-24-17)25-20(22)19(16)18(14-6-7-14)13-4-2-1-3-5-13/h1-5,12,14,17-18,21H,6-11H2. The number of rotatable bonds is 6. The Hall–Kier alpha value is -2.11. The van der Waals surface area contributed by atoms with Crippen molar-refractivity contribution in [3.8, 4) is 5.75 Å². The molecule has 5 heteroatoms. The van der Waals surface area contributed by atoms with E-state index in [9.17, 15) is 9.90 Å². The zero-order valence-electron chi connectivity index (χ0n) is 14.0. The van der Waals surface area contributed by atoms with Crippen LogP contribution in [0, 0.1) is 5.92 Å². The summed E-state index contributed by atoms with van der Waals surface area (Å²) < 4.78 is 16.3. The number of aryl methyl sites for hydroxylation is 1. The van der Waals surface area contributed by atoms with Crippen LogP contribution in [-0.4, -0.2) is 24.6 Å². The van der Waals surface area contributed by atoms with Gasteiger partial charge in [-0.1, -0.05) is 30.3 Å². The van der Waals surface area contributed by atoms with E-state index in [0.29, 0.717) is 43.3 Å². The van der Waals surface area contributed by atoms with Gasteiger partial charge in [0.1, 0.15) is 11.5 Å². The van der Waals surface area contributed by atoms with Gasteiger partial charge < -0.3 is 19.0 Å². The van der Waals surface area contributed by atoms with Gasteiger partial charge in [0.05, 0.1) is 18.8 Å². The van der Waals surface area contributed by atoms with Crippen molar-refractivity contribution in [1.29, 1.82) is 0 Å². The fourth-order valence-electron chi connectivity index (χ4n) is 3.55. The summed E-state index contributed by atoms with van der Waals surface area (Å²) in [5, 5.41) is 10.6. The molecule has 1 unspecified atom stereocenters. The molecular formula is C20H22O5. The molecule has 1 saturated heterocycles. The van der Waals surface area contributed by atoms with Gasteiger partial charge in [-0.25, -0.2) is 4.79 Å². The minimum Gasteiger partial charge on any atom is -0.507 e. The lowest BCUT2D eigenvalue weighted by molar-refractivity contribution is -0.0470. The quantitative estimate of drug-likeness (QED) is 0.873. The summed E-state index contributed by atoms with van der Waals surface area (Å²) in [4.78, 5) is 12.6. The fraction of sp³-hybridized carbons (Fsp3) is 0.450. The fourth-order valence-corrected chi connectivity index (χ4v) is 3.55. The monoisotopic (exact) mass is 342 g/mol. The van der Waals surface area contributed by atoms with Gasteiger partial charge in [-0.15, -0.1) is 0 Å². The third kappa shape index (κ3) is 3.62. The van der Waals surface area contributed by atoms with Gasteiger partial charge in [0.2, 0.25) is 0 Å². The van der Waals surface area contributed by atoms with Crippen molar-refractivity contribution in [2.24, 2.45) is 5.92 Å². The molecule has 0 bridgehead atoms. The first kappa shape index (κ1) is 16.4. The van der Waals surface area contributed by atoms with Crippen LogP contribution in [0.5, 0.6) is 5.75 Å². The second kappa shape index (κ2) is 7.02. The third-order valence-corrected chi connectivity index (χ3v) is 4.90. The summed E-state index contributed by atoms with van der Waals surface area (Å²) in [7, 11) is 0. The van der Waals surface area contributed by atoms with Crippen molar-refractivity contribution in [2.75, 3.05) is 13.2 Å². The van der Waals surface area contributed by atoms with Gasteiger partial charge in [0, 0.05) is 24.8 Å². The molecule has 132 valence electrons. The molecule has 5 nitrogen and oxygen atoms in total. The second-order valence-corrected chi connectivity index (χ2v) is 6.73. The SMILES string of the molecule is O=c1oc(CCC2OCCO2)cc(O)c1C(c1ccccc1)C1CC1. The number of benzene rings is 1. The molecule has 1 aromatic carbocycles. The maximum Gasteiger partial charge on any atom is 0.343 e. The molecule has 2 aromatic rings. The van der Waals surface area contributed by atoms with Crippen molar-refractivity contribution in [3.05, 3.63) is 63.7 Å². The Bertz CT molecular complexity index is 772. The van der Waals surface area contributed by atoms with Crippen LogP contribution < -0.4 is 5.63 Å². The molecule has 0 radical (unpaired) electrons. The molecule has 2 heterocycles. The Morgan fingerprint density at radius 3 is 2.48 bits per heavy atom. The van der Waals surface area contributed by atoms with Crippen molar-refractivity contribution in [1.82, 2.24) is 0 Å². The Labute approximate surface area is 146 Å². The van der Waals surface area contributed by atoms with Crippen LogP contribution in [0.25, 0.3) is 0 Å². The first-order valence-electron chi connectivity index (χ1n) is 8.86. The third-order valence-electron chi connectivity index (χ3n) is 4.90. The molecule has 1 saturated carbocycles. The molecule has 4 rings (SSSR count). The van der Waals surface area contributed by atoms with E-state index in [2.05, 4.69) is 0 Å². The highest BCUT2D eigenvalue weighted by molar-refractivity contribution is 5.41. The number of aromatic hydroxyl groups is 1. The molecule has 2 aliphatic rings. The Morgan fingerprint density at radius 1 is 1.12 bits per heavy atom. The lowest BCUT2D eigenvalue weighted by atomic mass is 9.87. The van der Waals surface area contributed by atoms with Gasteiger partial charge in [-0.05, 0) is 24.3 Å².